The van der Waals surface area contributed by atoms with Crippen LogP contribution < -0.4 is 0 Å². The van der Waals surface area contributed by atoms with Crippen LogP contribution in [0.1, 0.15) is 34.9 Å². The van der Waals surface area contributed by atoms with Crippen molar-refractivity contribution in [1.29, 1.82) is 0 Å². The Balaban J connectivity index is 1.63. The van der Waals surface area contributed by atoms with Gasteiger partial charge in [-0.2, -0.15) is 5.10 Å². The van der Waals surface area contributed by atoms with Crippen molar-refractivity contribution in [2.24, 2.45) is 0 Å². The number of amides is 2. The molecule has 0 saturated carbocycles. The van der Waals surface area contributed by atoms with Gasteiger partial charge in [0.25, 0.3) is 5.91 Å². The Bertz CT molecular complexity index is 609. The van der Waals surface area contributed by atoms with E-state index in [1.54, 1.807) is 4.90 Å². The van der Waals surface area contributed by atoms with Crippen molar-refractivity contribution in [3.8, 4) is 0 Å². The maximum absolute atomic E-state index is 12.5. The van der Waals surface area contributed by atoms with Crippen LogP contribution in [0.5, 0.6) is 0 Å². The van der Waals surface area contributed by atoms with Crippen molar-refractivity contribution in [3.05, 3.63) is 17.5 Å². The number of ether oxygens (including phenoxy) is 1. The summed E-state index contributed by atoms with van der Waals surface area (Å²) in [5.74, 6) is 0.305. The quantitative estimate of drug-likeness (QED) is 0.837. The highest BCUT2D eigenvalue weighted by Gasteiger charge is 2.28. The molecule has 1 aromatic rings. The normalized spacial score (nSPS) is 21.6. The number of rotatable bonds is 4. The van der Waals surface area contributed by atoms with Gasteiger partial charge in [0.1, 0.15) is 5.69 Å². The average Bonchev–Trinajstić information content (AvgIpc) is 3.11. The number of nitrogens with zero attached hydrogens (tertiary/aromatic N) is 4. The smallest absolute Gasteiger partial charge is 0.274 e. The average molecular weight is 349 g/mol. The highest BCUT2D eigenvalue weighted by Crippen LogP contribution is 2.26. The molecule has 0 unspecified atom stereocenters. The summed E-state index contributed by atoms with van der Waals surface area (Å²) in [5, 5.41) is 7.23. The van der Waals surface area contributed by atoms with Crippen LogP contribution in [0.25, 0.3) is 0 Å². The lowest BCUT2D eigenvalue weighted by Crippen LogP contribution is -2.43. The zero-order chi connectivity index (χ0) is 17.8. The number of likely N-dealkylation sites (tertiary alicyclic amines) is 1. The van der Waals surface area contributed by atoms with E-state index in [9.17, 15) is 9.59 Å². The molecule has 0 bridgehead atoms. The summed E-state index contributed by atoms with van der Waals surface area (Å²) in [6, 6.07) is 1.85. The molecular formula is C17H27N5O3. The number of hydrogen-bond acceptors (Lipinski definition) is 5. The monoisotopic (exact) mass is 349 g/mol. The molecule has 0 aromatic carbocycles. The highest BCUT2D eigenvalue weighted by molar-refractivity contribution is 5.92. The molecular weight excluding hydrogens is 322 g/mol. The predicted octanol–water partition coefficient (Wildman–Crippen LogP) is 0.150. The molecule has 0 radical (unpaired) electrons. The van der Waals surface area contributed by atoms with E-state index < -0.39 is 0 Å². The van der Waals surface area contributed by atoms with E-state index in [4.69, 9.17) is 4.74 Å². The lowest BCUT2D eigenvalue weighted by atomic mass is 9.94. The molecule has 1 atom stereocenters. The van der Waals surface area contributed by atoms with Crippen molar-refractivity contribution >= 4 is 11.8 Å². The number of aromatic amines is 1. The van der Waals surface area contributed by atoms with Gasteiger partial charge in [-0.25, -0.2) is 0 Å². The molecule has 138 valence electrons. The Morgan fingerprint density at radius 1 is 1.28 bits per heavy atom. The predicted molar refractivity (Wildman–Crippen MR) is 92.4 cm³/mol. The number of aromatic nitrogens is 2. The van der Waals surface area contributed by atoms with Crippen molar-refractivity contribution in [3.63, 3.8) is 0 Å². The van der Waals surface area contributed by atoms with Gasteiger partial charge in [-0.1, -0.05) is 0 Å². The minimum Gasteiger partial charge on any atom is -0.378 e. The number of hydrogen-bond donors (Lipinski definition) is 1. The second kappa shape index (κ2) is 7.97. The Morgan fingerprint density at radius 2 is 2.04 bits per heavy atom. The SMILES string of the molecule is CN(C)CC(=O)N1CCC[C@@H](c2cc(C(=O)N3CCOCC3)n[nH]2)C1. The molecule has 2 fully saturated rings. The number of nitrogens with one attached hydrogen (secondary N) is 1. The highest BCUT2D eigenvalue weighted by atomic mass is 16.5. The Labute approximate surface area is 148 Å². The molecule has 0 spiro atoms. The number of piperidine rings is 1. The lowest BCUT2D eigenvalue weighted by molar-refractivity contribution is -0.133. The van der Waals surface area contributed by atoms with E-state index in [0.29, 0.717) is 45.1 Å². The van der Waals surface area contributed by atoms with Crippen LogP contribution in [0.15, 0.2) is 6.07 Å². The molecule has 3 heterocycles. The third-order valence-corrected chi connectivity index (χ3v) is 4.78. The Morgan fingerprint density at radius 3 is 2.76 bits per heavy atom. The summed E-state index contributed by atoms with van der Waals surface area (Å²) in [4.78, 5) is 30.4. The fourth-order valence-electron chi connectivity index (χ4n) is 3.41. The van der Waals surface area contributed by atoms with Crippen LogP contribution in [-0.2, 0) is 9.53 Å². The molecule has 2 saturated heterocycles. The zero-order valence-electron chi connectivity index (χ0n) is 15.0. The summed E-state index contributed by atoms with van der Waals surface area (Å²) >= 11 is 0. The third-order valence-electron chi connectivity index (χ3n) is 4.78. The molecule has 1 aromatic heterocycles. The van der Waals surface area contributed by atoms with Crippen LogP contribution >= 0.6 is 0 Å². The van der Waals surface area contributed by atoms with E-state index >= 15 is 0 Å². The first-order chi connectivity index (χ1) is 12.0. The van der Waals surface area contributed by atoms with Crippen molar-refractivity contribution in [2.75, 3.05) is 60.0 Å². The van der Waals surface area contributed by atoms with Crippen LogP contribution in [0.3, 0.4) is 0 Å². The van der Waals surface area contributed by atoms with Gasteiger partial charge in [0.05, 0.1) is 19.8 Å². The standard InChI is InChI=1S/C17H27N5O3/c1-20(2)12-16(23)22-5-3-4-13(11-22)14-10-15(19-18-14)17(24)21-6-8-25-9-7-21/h10,13H,3-9,11-12H2,1-2H3,(H,18,19)/t13-/m1/s1. The van der Waals surface area contributed by atoms with Gasteiger partial charge < -0.3 is 19.4 Å². The second-order valence-corrected chi connectivity index (χ2v) is 7.03. The Kier molecular flexibility index (Phi) is 5.70. The largest absolute Gasteiger partial charge is 0.378 e. The van der Waals surface area contributed by atoms with Gasteiger partial charge in [0, 0.05) is 37.8 Å². The van der Waals surface area contributed by atoms with Gasteiger partial charge in [-0.3, -0.25) is 14.7 Å². The fourth-order valence-corrected chi connectivity index (χ4v) is 3.41. The van der Waals surface area contributed by atoms with Crippen LogP contribution in [0.2, 0.25) is 0 Å². The van der Waals surface area contributed by atoms with Crippen LogP contribution in [0.4, 0.5) is 0 Å². The van der Waals surface area contributed by atoms with E-state index in [2.05, 4.69) is 10.2 Å². The number of carbonyl (C=O) groups excluding carboxylic acids is 2. The zero-order valence-corrected chi connectivity index (χ0v) is 15.0. The number of carbonyl (C=O) groups is 2. The van der Waals surface area contributed by atoms with E-state index in [-0.39, 0.29) is 17.7 Å². The van der Waals surface area contributed by atoms with Crippen LogP contribution in [0, 0.1) is 0 Å². The Hall–Kier alpha value is -1.93. The summed E-state index contributed by atoms with van der Waals surface area (Å²) in [6.07, 6.45) is 1.97. The van der Waals surface area contributed by atoms with Crippen LogP contribution in [-0.4, -0.2) is 96.7 Å². The van der Waals surface area contributed by atoms with Crippen molar-refractivity contribution in [2.45, 2.75) is 18.8 Å². The maximum Gasteiger partial charge on any atom is 0.274 e. The first kappa shape index (κ1) is 17.9. The molecule has 25 heavy (non-hydrogen) atoms. The van der Waals surface area contributed by atoms with Gasteiger partial charge >= 0.3 is 0 Å². The minimum atomic E-state index is -0.0536. The molecule has 8 nitrogen and oxygen atoms in total. The molecule has 8 heteroatoms. The van der Waals surface area contributed by atoms with E-state index in [1.165, 1.54) is 0 Å². The summed E-state index contributed by atoms with van der Waals surface area (Å²) in [5.41, 5.74) is 1.40. The summed E-state index contributed by atoms with van der Waals surface area (Å²) in [7, 11) is 3.80. The lowest BCUT2D eigenvalue weighted by Gasteiger charge is -2.33. The van der Waals surface area contributed by atoms with Gasteiger partial charge in [0.15, 0.2) is 0 Å². The molecule has 2 aliphatic heterocycles. The summed E-state index contributed by atoms with van der Waals surface area (Å²) < 4.78 is 5.28. The fraction of sp³-hybridized carbons (Fsp3) is 0.706. The van der Waals surface area contributed by atoms with E-state index in [0.717, 1.165) is 25.1 Å². The second-order valence-electron chi connectivity index (χ2n) is 7.03. The molecule has 2 amide bonds. The first-order valence-corrected chi connectivity index (χ1v) is 8.89. The minimum absolute atomic E-state index is 0.0536. The number of H-pyrrole nitrogens is 1. The summed E-state index contributed by atoms with van der Waals surface area (Å²) in [6.45, 7) is 4.28. The van der Waals surface area contributed by atoms with Crippen molar-refractivity contribution < 1.29 is 14.3 Å². The molecule has 1 N–H and O–H groups in total. The molecule has 3 rings (SSSR count). The molecule has 0 aliphatic carbocycles. The van der Waals surface area contributed by atoms with Crippen molar-refractivity contribution in [1.82, 2.24) is 24.9 Å². The maximum atomic E-state index is 12.5. The number of likely N-dealkylation sites (N-methyl/N-ethyl adjacent to an activating group) is 1. The van der Waals surface area contributed by atoms with Gasteiger partial charge in [0.2, 0.25) is 5.91 Å². The number of morpholine rings is 1. The first-order valence-electron chi connectivity index (χ1n) is 8.89. The van der Waals surface area contributed by atoms with Gasteiger partial charge in [-0.05, 0) is 33.0 Å². The van der Waals surface area contributed by atoms with Gasteiger partial charge in [-0.15, -0.1) is 0 Å². The third kappa shape index (κ3) is 4.38. The molecule has 2 aliphatic rings. The van der Waals surface area contributed by atoms with E-state index in [1.807, 2.05) is 30.0 Å². The topological polar surface area (TPSA) is 81.8 Å².